The van der Waals surface area contributed by atoms with Gasteiger partial charge in [-0.1, -0.05) is 11.6 Å². The Balaban J connectivity index is 2.57. The maximum atomic E-state index is 11.9. The highest BCUT2D eigenvalue weighted by atomic mass is 35.5. The Hall–Kier alpha value is -1.26. The van der Waals surface area contributed by atoms with E-state index in [9.17, 15) is 4.79 Å². The van der Waals surface area contributed by atoms with Crippen LogP contribution in [0, 0.1) is 0 Å². The molecule has 0 saturated carbocycles. The molecule has 1 rings (SSSR count). The highest BCUT2D eigenvalue weighted by molar-refractivity contribution is 6.30. The molecule has 1 aromatic carbocycles. The number of carbonyl (C=O) groups is 1. The summed E-state index contributed by atoms with van der Waals surface area (Å²) in [5, 5.41) is 3.42. The number of hydrogen-bond donors (Lipinski definition) is 2. The van der Waals surface area contributed by atoms with Crippen LogP contribution in [-0.4, -0.2) is 24.6 Å². The minimum absolute atomic E-state index is 0.161. The summed E-state index contributed by atoms with van der Waals surface area (Å²) >= 11 is 5.78. The van der Waals surface area contributed by atoms with Crippen LogP contribution >= 0.6 is 11.6 Å². The molecule has 0 unspecified atom stereocenters. The second kappa shape index (κ2) is 6.61. The fraction of sp³-hybridized carbons (Fsp3) is 0.462. The first-order valence-electron chi connectivity index (χ1n) is 5.88. The average Bonchev–Trinajstić information content (AvgIpc) is 2.32. The topological polar surface area (TPSA) is 64.3 Å². The molecular weight excluding hydrogens is 252 g/mol. The molecule has 5 heteroatoms. The minimum atomic E-state index is -0.928. The van der Waals surface area contributed by atoms with Crippen molar-refractivity contribution in [3.05, 3.63) is 29.3 Å². The predicted molar refractivity (Wildman–Crippen MR) is 72.8 cm³/mol. The highest BCUT2D eigenvalue weighted by Gasteiger charge is 2.29. The predicted octanol–water partition coefficient (Wildman–Crippen LogP) is 1.96. The molecule has 0 fully saturated rings. The number of halogens is 1. The van der Waals surface area contributed by atoms with E-state index < -0.39 is 5.60 Å². The molecule has 3 N–H and O–H groups in total. The molecule has 0 atom stereocenters. The lowest BCUT2D eigenvalue weighted by Crippen LogP contribution is -2.47. The van der Waals surface area contributed by atoms with Crippen molar-refractivity contribution in [1.29, 1.82) is 0 Å². The Morgan fingerprint density at radius 2 is 2.00 bits per heavy atom. The molecule has 1 aromatic rings. The van der Waals surface area contributed by atoms with Crippen LogP contribution in [0.25, 0.3) is 0 Å². The van der Waals surface area contributed by atoms with E-state index in [1.54, 1.807) is 38.1 Å². The van der Waals surface area contributed by atoms with E-state index in [1.165, 1.54) is 0 Å². The zero-order chi connectivity index (χ0) is 13.6. The second-order valence-electron chi connectivity index (χ2n) is 4.46. The normalized spacial score (nSPS) is 11.1. The second-order valence-corrected chi connectivity index (χ2v) is 4.90. The molecule has 0 aliphatic carbocycles. The van der Waals surface area contributed by atoms with Crippen LogP contribution in [0.3, 0.4) is 0 Å². The quantitative estimate of drug-likeness (QED) is 0.777. The van der Waals surface area contributed by atoms with Gasteiger partial charge in [-0.3, -0.25) is 4.79 Å². The van der Waals surface area contributed by atoms with Gasteiger partial charge in [0.2, 0.25) is 0 Å². The van der Waals surface area contributed by atoms with E-state index in [0.29, 0.717) is 23.9 Å². The summed E-state index contributed by atoms with van der Waals surface area (Å²) in [7, 11) is 0. The summed E-state index contributed by atoms with van der Waals surface area (Å²) in [5.41, 5.74) is 4.44. The van der Waals surface area contributed by atoms with Crippen molar-refractivity contribution in [3.8, 4) is 5.75 Å². The fourth-order valence-corrected chi connectivity index (χ4v) is 1.49. The van der Waals surface area contributed by atoms with E-state index in [4.69, 9.17) is 22.1 Å². The van der Waals surface area contributed by atoms with Crippen molar-refractivity contribution in [3.63, 3.8) is 0 Å². The summed E-state index contributed by atoms with van der Waals surface area (Å²) in [6, 6.07) is 6.91. The van der Waals surface area contributed by atoms with Crippen molar-refractivity contribution in [2.45, 2.75) is 25.9 Å². The van der Waals surface area contributed by atoms with Crippen LogP contribution in [-0.2, 0) is 4.79 Å². The molecule has 0 aromatic heterocycles. The van der Waals surface area contributed by atoms with E-state index >= 15 is 0 Å². The Bertz CT molecular complexity index is 390. The molecule has 0 aliphatic heterocycles. The van der Waals surface area contributed by atoms with Crippen molar-refractivity contribution in [2.75, 3.05) is 13.1 Å². The van der Waals surface area contributed by atoms with Gasteiger partial charge in [-0.2, -0.15) is 0 Å². The lowest BCUT2D eigenvalue weighted by Gasteiger charge is -2.25. The van der Waals surface area contributed by atoms with Crippen molar-refractivity contribution in [2.24, 2.45) is 5.73 Å². The van der Waals surface area contributed by atoms with Gasteiger partial charge >= 0.3 is 0 Å². The van der Waals surface area contributed by atoms with Crippen molar-refractivity contribution < 1.29 is 9.53 Å². The lowest BCUT2D eigenvalue weighted by molar-refractivity contribution is -0.134. The number of benzene rings is 1. The van der Waals surface area contributed by atoms with E-state index in [-0.39, 0.29) is 5.91 Å². The largest absolute Gasteiger partial charge is 0.478 e. The lowest BCUT2D eigenvalue weighted by atomic mass is 10.1. The van der Waals surface area contributed by atoms with Gasteiger partial charge in [0.15, 0.2) is 5.60 Å². The van der Waals surface area contributed by atoms with Crippen molar-refractivity contribution >= 4 is 17.5 Å². The molecule has 0 heterocycles. The van der Waals surface area contributed by atoms with Crippen LogP contribution in [0.4, 0.5) is 0 Å². The minimum Gasteiger partial charge on any atom is -0.478 e. The summed E-state index contributed by atoms with van der Waals surface area (Å²) in [6.07, 6.45) is 0.753. The van der Waals surface area contributed by atoms with Gasteiger partial charge in [0.25, 0.3) is 5.91 Å². The number of amides is 1. The van der Waals surface area contributed by atoms with Gasteiger partial charge in [-0.25, -0.2) is 0 Å². The highest BCUT2D eigenvalue weighted by Crippen LogP contribution is 2.20. The SMILES string of the molecule is CC(C)(Oc1ccc(Cl)cc1)C(=O)NCCCN. The van der Waals surface area contributed by atoms with E-state index in [2.05, 4.69) is 5.32 Å². The third-order valence-corrected chi connectivity index (χ3v) is 2.65. The van der Waals surface area contributed by atoms with Gasteiger partial charge in [-0.15, -0.1) is 0 Å². The molecule has 0 radical (unpaired) electrons. The van der Waals surface area contributed by atoms with Crippen LogP contribution in [0.1, 0.15) is 20.3 Å². The van der Waals surface area contributed by atoms with E-state index in [1.807, 2.05) is 0 Å². The maximum Gasteiger partial charge on any atom is 0.263 e. The molecule has 0 aliphatic rings. The molecule has 18 heavy (non-hydrogen) atoms. The summed E-state index contributed by atoms with van der Waals surface area (Å²) < 4.78 is 5.65. The zero-order valence-electron chi connectivity index (χ0n) is 10.7. The number of hydrogen-bond acceptors (Lipinski definition) is 3. The molecule has 4 nitrogen and oxygen atoms in total. The Labute approximate surface area is 112 Å². The number of rotatable bonds is 6. The molecule has 0 spiro atoms. The first-order valence-corrected chi connectivity index (χ1v) is 6.26. The number of nitrogens with two attached hydrogens (primary N) is 1. The molecule has 100 valence electrons. The monoisotopic (exact) mass is 270 g/mol. The third-order valence-electron chi connectivity index (χ3n) is 2.40. The Kier molecular flexibility index (Phi) is 5.44. The summed E-state index contributed by atoms with van der Waals surface area (Å²) in [6.45, 7) is 4.56. The van der Waals surface area contributed by atoms with Crippen molar-refractivity contribution in [1.82, 2.24) is 5.32 Å². The first kappa shape index (κ1) is 14.8. The number of carbonyl (C=O) groups excluding carboxylic acids is 1. The summed E-state index contributed by atoms with van der Waals surface area (Å²) in [4.78, 5) is 11.9. The molecule has 1 amide bonds. The van der Waals surface area contributed by atoms with Gasteiger partial charge in [0.05, 0.1) is 0 Å². The van der Waals surface area contributed by atoms with Gasteiger partial charge < -0.3 is 15.8 Å². The van der Waals surface area contributed by atoms with Crippen LogP contribution in [0.15, 0.2) is 24.3 Å². The first-order chi connectivity index (χ1) is 8.45. The molecule has 0 bridgehead atoms. The zero-order valence-corrected chi connectivity index (χ0v) is 11.5. The van der Waals surface area contributed by atoms with Gasteiger partial charge in [-0.05, 0) is 51.1 Å². The Morgan fingerprint density at radius 3 is 2.56 bits per heavy atom. The van der Waals surface area contributed by atoms with Crippen LogP contribution < -0.4 is 15.8 Å². The van der Waals surface area contributed by atoms with Gasteiger partial charge in [0.1, 0.15) is 5.75 Å². The summed E-state index contributed by atoms with van der Waals surface area (Å²) in [5.74, 6) is 0.448. The Morgan fingerprint density at radius 1 is 1.39 bits per heavy atom. The van der Waals surface area contributed by atoms with Gasteiger partial charge in [0, 0.05) is 11.6 Å². The van der Waals surface area contributed by atoms with Crippen LogP contribution in [0.2, 0.25) is 5.02 Å². The average molecular weight is 271 g/mol. The van der Waals surface area contributed by atoms with E-state index in [0.717, 1.165) is 6.42 Å². The third kappa shape index (κ3) is 4.55. The maximum absolute atomic E-state index is 11.9. The number of nitrogens with one attached hydrogen (secondary N) is 1. The fourth-order valence-electron chi connectivity index (χ4n) is 1.36. The number of ether oxygens (including phenoxy) is 1. The standard InChI is InChI=1S/C13H19ClN2O2/c1-13(2,12(17)16-9-3-8-15)18-11-6-4-10(14)5-7-11/h4-7H,3,8-9,15H2,1-2H3,(H,16,17). The molecular formula is C13H19ClN2O2. The van der Waals surface area contributed by atoms with Crippen LogP contribution in [0.5, 0.6) is 5.75 Å². The molecule has 0 saturated heterocycles. The smallest absolute Gasteiger partial charge is 0.263 e.